The van der Waals surface area contributed by atoms with E-state index in [4.69, 9.17) is 0 Å². The van der Waals surface area contributed by atoms with E-state index in [0.29, 0.717) is 42.1 Å². The number of aryl methyl sites for hydroxylation is 1. The zero-order valence-corrected chi connectivity index (χ0v) is 24.0. The zero-order chi connectivity index (χ0) is 28.9. The van der Waals surface area contributed by atoms with Crippen molar-refractivity contribution in [2.24, 2.45) is 5.10 Å². The lowest BCUT2D eigenvalue weighted by Crippen LogP contribution is -2.32. The second-order valence-electron chi connectivity index (χ2n) is 9.11. The fourth-order valence-electron chi connectivity index (χ4n) is 4.00. The quantitative estimate of drug-likeness (QED) is 0.122. The first kappa shape index (κ1) is 29.0. The number of non-ortho nitro benzene ring substituents is 1. The van der Waals surface area contributed by atoms with Gasteiger partial charge in [0, 0.05) is 30.8 Å². The van der Waals surface area contributed by atoms with Crippen LogP contribution in [0.1, 0.15) is 48.2 Å². The highest BCUT2D eigenvalue weighted by atomic mass is 32.2. The second-order valence-corrected chi connectivity index (χ2v) is 12.1. The Labute approximate surface area is 236 Å². The minimum atomic E-state index is -3.70. The van der Waals surface area contributed by atoms with Crippen molar-refractivity contribution in [3.63, 3.8) is 0 Å². The number of nitrogens with zero attached hydrogens (tertiary/aromatic N) is 5. The van der Waals surface area contributed by atoms with Crippen molar-refractivity contribution in [2.45, 2.75) is 38.5 Å². The van der Waals surface area contributed by atoms with E-state index < -0.39 is 20.9 Å². The molecule has 0 radical (unpaired) electrons. The first-order chi connectivity index (χ1) is 19.1. The number of anilines is 1. The van der Waals surface area contributed by atoms with Crippen molar-refractivity contribution in [3.8, 4) is 0 Å². The molecule has 0 aliphatic rings. The summed E-state index contributed by atoms with van der Waals surface area (Å²) in [6, 6.07) is 17.3. The number of aromatic nitrogens is 1. The number of fused-ring (bicyclic) bond motifs is 1. The number of benzene rings is 3. The highest BCUT2D eigenvalue weighted by molar-refractivity contribution is 7.89. The van der Waals surface area contributed by atoms with E-state index >= 15 is 0 Å². The van der Waals surface area contributed by atoms with Crippen LogP contribution >= 0.6 is 11.3 Å². The van der Waals surface area contributed by atoms with Gasteiger partial charge >= 0.3 is 0 Å². The molecule has 1 heterocycles. The van der Waals surface area contributed by atoms with E-state index in [2.05, 4.69) is 10.1 Å². The predicted molar refractivity (Wildman–Crippen MR) is 158 cm³/mol. The maximum absolute atomic E-state index is 13.7. The molecule has 1 amide bonds. The van der Waals surface area contributed by atoms with Gasteiger partial charge < -0.3 is 0 Å². The monoisotopic (exact) mass is 579 g/mol. The van der Waals surface area contributed by atoms with Gasteiger partial charge in [-0.2, -0.15) is 14.4 Å². The Kier molecular flexibility index (Phi) is 9.03. The minimum absolute atomic E-state index is 0.0573. The first-order valence-electron chi connectivity index (χ1n) is 12.7. The van der Waals surface area contributed by atoms with Gasteiger partial charge in [-0.3, -0.25) is 14.9 Å². The van der Waals surface area contributed by atoms with E-state index in [1.54, 1.807) is 0 Å². The number of nitro groups is 1. The standard InChI is InChI=1S/C28H29N5O5S2/c1-4-16-31(17-5-2)40(37,38)24-13-9-22(10-14-24)27(34)32(28-30-25-15-6-20(3)18-26(25)39-28)29-19-21-7-11-23(12-8-21)33(35)36/h6-15,18-19H,4-5,16-17H2,1-3H3/b29-19+. The summed E-state index contributed by atoms with van der Waals surface area (Å²) in [4.78, 5) is 28.9. The average Bonchev–Trinajstić information content (AvgIpc) is 3.36. The van der Waals surface area contributed by atoms with Crippen molar-refractivity contribution >= 4 is 54.5 Å². The minimum Gasteiger partial charge on any atom is -0.267 e. The van der Waals surface area contributed by atoms with Crippen LogP contribution in [-0.2, 0) is 10.0 Å². The molecule has 0 bridgehead atoms. The molecule has 0 fully saturated rings. The Hall–Kier alpha value is -4.00. The summed E-state index contributed by atoms with van der Waals surface area (Å²) in [5.41, 5.74) is 2.48. The number of rotatable bonds is 11. The number of thiazole rings is 1. The molecular formula is C28H29N5O5S2. The van der Waals surface area contributed by atoms with Gasteiger partial charge in [0.25, 0.3) is 11.6 Å². The number of amides is 1. The molecule has 4 rings (SSSR count). The molecule has 0 N–H and O–H groups in total. The number of carbonyl (C=O) groups excluding carboxylic acids is 1. The van der Waals surface area contributed by atoms with Gasteiger partial charge in [-0.25, -0.2) is 13.4 Å². The fraction of sp³-hybridized carbons (Fsp3) is 0.250. The Morgan fingerprint density at radius 1 is 1.02 bits per heavy atom. The van der Waals surface area contributed by atoms with Crippen molar-refractivity contribution in [2.75, 3.05) is 18.1 Å². The molecule has 10 nitrogen and oxygen atoms in total. The number of hydrogen-bond acceptors (Lipinski definition) is 8. The van der Waals surface area contributed by atoms with Crippen LogP contribution in [0.3, 0.4) is 0 Å². The molecule has 0 atom stereocenters. The molecule has 0 aliphatic carbocycles. The highest BCUT2D eigenvalue weighted by Crippen LogP contribution is 2.31. The predicted octanol–water partition coefficient (Wildman–Crippen LogP) is 6.00. The second kappa shape index (κ2) is 12.5. The molecule has 1 aromatic heterocycles. The van der Waals surface area contributed by atoms with Gasteiger partial charge in [-0.1, -0.05) is 31.3 Å². The molecule has 0 saturated carbocycles. The number of carbonyl (C=O) groups is 1. The summed E-state index contributed by atoms with van der Waals surface area (Å²) in [6.07, 6.45) is 2.81. The summed E-state index contributed by atoms with van der Waals surface area (Å²) in [5, 5.41) is 16.9. The average molecular weight is 580 g/mol. The van der Waals surface area contributed by atoms with Crippen LogP contribution in [0.2, 0.25) is 0 Å². The molecule has 12 heteroatoms. The molecule has 40 heavy (non-hydrogen) atoms. The maximum Gasteiger partial charge on any atom is 0.280 e. The molecular weight excluding hydrogens is 550 g/mol. The van der Waals surface area contributed by atoms with Gasteiger partial charge in [0.1, 0.15) is 0 Å². The summed E-state index contributed by atoms with van der Waals surface area (Å²) < 4.78 is 28.6. The van der Waals surface area contributed by atoms with Crippen molar-refractivity contribution in [1.29, 1.82) is 0 Å². The Morgan fingerprint density at radius 2 is 1.68 bits per heavy atom. The number of hydrogen-bond donors (Lipinski definition) is 0. The summed E-state index contributed by atoms with van der Waals surface area (Å²) in [6.45, 7) is 6.65. The molecule has 4 aromatic rings. The topological polar surface area (TPSA) is 126 Å². The number of nitro benzene ring substituents is 1. The lowest BCUT2D eigenvalue weighted by molar-refractivity contribution is -0.384. The lowest BCUT2D eigenvalue weighted by Gasteiger charge is -2.21. The normalized spacial score (nSPS) is 11.9. The lowest BCUT2D eigenvalue weighted by atomic mass is 10.2. The van der Waals surface area contributed by atoms with E-state index in [0.717, 1.165) is 15.3 Å². The van der Waals surface area contributed by atoms with Crippen LogP contribution in [-0.4, -0.2) is 47.8 Å². The molecule has 0 unspecified atom stereocenters. The van der Waals surface area contributed by atoms with Gasteiger partial charge in [-0.15, -0.1) is 0 Å². The van der Waals surface area contributed by atoms with Gasteiger partial charge in [-0.05, 0) is 79.4 Å². The molecule has 0 saturated heterocycles. The third-order valence-electron chi connectivity index (χ3n) is 6.02. The number of hydrazone groups is 1. The van der Waals surface area contributed by atoms with Crippen LogP contribution in [0.5, 0.6) is 0 Å². The van der Waals surface area contributed by atoms with E-state index in [-0.39, 0.29) is 16.1 Å². The maximum atomic E-state index is 13.7. The summed E-state index contributed by atoms with van der Waals surface area (Å²) >= 11 is 1.29. The first-order valence-corrected chi connectivity index (χ1v) is 15.0. The largest absolute Gasteiger partial charge is 0.280 e. The smallest absolute Gasteiger partial charge is 0.267 e. The molecule has 0 aliphatic heterocycles. The van der Waals surface area contributed by atoms with Gasteiger partial charge in [0.2, 0.25) is 15.2 Å². The SMILES string of the molecule is CCCN(CCC)S(=O)(=O)c1ccc(C(=O)N(/N=C/c2ccc([N+](=O)[O-])cc2)c2nc3ccc(C)cc3s2)cc1. The fourth-order valence-corrected chi connectivity index (χ4v) is 6.64. The summed E-state index contributed by atoms with van der Waals surface area (Å²) in [7, 11) is -3.70. The van der Waals surface area contributed by atoms with E-state index in [1.807, 2.05) is 39.0 Å². The van der Waals surface area contributed by atoms with E-state index in [1.165, 1.54) is 70.4 Å². The van der Waals surface area contributed by atoms with Crippen LogP contribution < -0.4 is 5.01 Å². The van der Waals surface area contributed by atoms with Crippen molar-refractivity contribution < 1.29 is 18.1 Å². The van der Waals surface area contributed by atoms with Crippen LogP contribution in [0.25, 0.3) is 10.2 Å². The van der Waals surface area contributed by atoms with Crippen molar-refractivity contribution in [3.05, 3.63) is 93.5 Å². The van der Waals surface area contributed by atoms with Crippen molar-refractivity contribution in [1.82, 2.24) is 9.29 Å². The van der Waals surface area contributed by atoms with E-state index in [9.17, 15) is 23.3 Å². The highest BCUT2D eigenvalue weighted by Gasteiger charge is 2.25. The third-order valence-corrected chi connectivity index (χ3v) is 8.92. The Morgan fingerprint density at radius 3 is 2.27 bits per heavy atom. The van der Waals surface area contributed by atoms with Crippen LogP contribution in [0.15, 0.2) is 76.7 Å². The molecule has 3 aromatic carbocycles. The van der Waals surface area contributed by atoms with Gasteiger partial charge in [0.05, 0.1) is 26.3 Å². The molecule has 0 spiro atoms. The Balaban J connectivity index is 1.69. The Bertz CT molecular complexity index is 1640. The van der Waals surface area contributed by atoms with Crippen LogP contribution in [0, 0.1) is 17.0 Å². The molecule has 208 valence electrons. The van der Waals surface area contributed by atoms with Crippen LogP contribution in [0.4, 0.5) is 10.8 Å². The summed E-state index contributed by atoms with van der Waals surface area (Å²) in [5.74, 6) is -0.503. The van der Waals surface area contributed by atoms with Gasteiger partial charge in [0.15, 0.2) is 0 Å². The third kappa shape index (κ3) is 6.41. The number of sulfonamides is 1. The zero-order valence-electron chi connectivity index (χ0n) is 22.4.